The minimum absolute atomic E-state index is 0.178. The molecule has 9 nitrogen and oxygen atoms in total. The molecule has 0 amide bonds. The van der Waals surface area contributed by atoms with Gasteiger partial charge in [-0.25, -0.2) is 4.79 Å². The Morgan fingerprint density at radius 2 is 0.651 bits per heavy atom. The highest BCUT2D eigenvalue weighted by Gasteiger charge is 2.25. The number of quaternary nitrogens is 1. The van der Waals surface area contributed by atoms with Gasteiger partial charge in [0.15, 0.2) is 6.10 Å². The lowest BCUT2D eigenvalue weighted by molar-refractivity contribution is -0.870. The molecule has 0 aliphatic heterocycles. The van der Waals surface area contributed by atoms with Crippen LogP contribution >= 0.6 is 0 Å². The van der Waals surface area contributed by atoms with Gasteiger partial charge < -0.3 is 28.5 Å². The van der Waals surface area contributed by atoms with Gasteiger partial charge in [0.1, 0.15) is 13.2 Å². The molecule has 0 aromatic rings. The van der Waals surface area contributed by atoms with E-state index in [9.17, 15) is 19.5 Å². The lowest BCUT2D eigenvalue weighted by Gasteiger charge is -2.25. The number of hydrogen-bond acceptors (Lipinski definition) is 7. The molecule has 0 aromatic heterocycles. The molecule has 0 aromatic carbocycles. The van der Waals surface area contributed by atoms with Crippen molar-refractivity contribution in [2.45, 2.75) is 360 Å². The van der Waals surface area contributed by atoms with Crippen LogP contribution in [0.2, 0.25) is 0 Å². The Morgan fingerprint density at radius 1 is 0.361 bits per heavy atom. The van der Waals surface area contributed by atoms with E-state index in [1.165, 1.54) is 270 Å². The van der Waals surface area contributed by atoms with Gasteiger partial charge in [0.2, 0.25) is 0 Å². The lowest BCUT2D eigenvalue weighted by atomic mass is 10.0. The maximum atomic E-state index is 12.9. The van der Waals surface area contributed by atoms with Gasteiger partial charge in [-0.3, -0.25) is 9.59 Å². The zero-order chi connectivity index (χ0) is 60.5. The summed E-state index contributed by atoms with van der Waals surface area (Å²) in [6, 6.07) is 0. The lowest BCUT2D eigenvalue weighted by Crippen LogP contribution is -2.40. The maximum Gasteiger partial charge on any atom is 0.361 e. The summed E-state index contributed by atoms with van der Waals surface area (Å²) < 4.78 is 23.0. The predicted molar refractivity (Wildman–Crippen MR) is 355 cm³/mol. The highest BCUT2D eigenvalue weighted by atomic mass is 16.7. The fourth-order valence-electron chi connectivity index (χ4n) is 10.5. The zero-order valence-corrected chi connectivity index (χ0v) is 55.6. The Labute approximate surface area is 514 Å². The van der Waals surface area contributed by atoms with Gasteiger partial charge in [-0.2, -0.15) is 0 Å². The zero-order valence-electron chi connectivity index (χ0n) is 55.6. The molecule has 0 aliphatic carbocycles. The van der Waals surface area contributed by atoms with Gasteiger partial charge in [-0.15, -0.1) is 0 Å². The number of unbranched alkanes of at least 4 members (excludes halogenated alkanes) is 44. The van der Waals surface area contributed by atoms with E-state index in [0.717, 1.165) is 51.4 Å². The van der Waals surface area contributed by atoms with E-state index in [-0.39, 0.29) is 38.2 Å². The van der Waals surface area contributed by atoms with Crippen LogP contribution in [0.1, 0.15) is 348 Å². The van der Waals surface area contributed by atoms with Crippen molar-refractivity contribution in [3.63, 3.8) is 0 Å². The van der Waals surface area contributed by atoms with E-state index in [0.29, 0.717) is 17.4 Å². The molecule has 0 aliphatic rings. The van der Waals surface area contributed by atoms with Gasteiger partial charge in [0.05, 0.1) is 34.4 Å². The van der Waals surface area contributed by atoms with Crippen LogP contribution in [0, 0.1) is 0 Å². The third kappa shape index (κ3) is 66.6. The Bertz CT molecular complexity index is 1500. The number of rotatable bonds is 67. The van der Waals surface area contributed by atoms with E-state index < -0.39 is 18.4 Å². The van der Waals surface area contributed by atoms with Crippen molar-refractivity contribution in [2.75, 3.05) is 47.5 Å². The fourth-order valence-corrected chi connectivity index (χ4v) is 10.5. The summed E-state index contributed by atoms with van der Waals surface area (Å²) in [6.45, 7) is 4.92. The normalized spacial score (nSPS) is 12.9. The summed E-state index contributed by atoms with van der Waals surface area (Å²) in [4.78, 5) is 37.6. The molecular formula is C74H138NO8+. The highest BCUT2D eigenvalue weighted by molar-refractivity contribution is 5.71. The Balaban J connectivity index is 4.06. The number of nitrogens with zero attached hydrogens (tertiary/aromatic N) is 1. The summed E-state index contributed by atoms with van der Waals surface area (Å²) in [6.07, 6.45) is 80.9. The molecule has 1 N–H and O–H groups in total. The number of allylic oxidation sites excluding steroid dienone is 8. The Hall–Kier alpha value is -2.75. The molecule has 0 heterocycles. The summed E-state index contributed by atoms with van der Waals surface area (Å²) in [5, 5.41) is 9.75. The number of esters is 2. The second kappa shape index (κ2) is 65.2. The number of likely N-dealkylation sites (N-methyl/N-ethyl adjacent to an activating group) is 1. The van der Waals surface area contributed by atoms with Gasteiger partial charge >= 0.3 is 17.9 Å². The first-order chi connectivity index (χ1) is 40.6. The number of carbonyl (C=O) groups excluding carboxylic acids is 2. The van der Waals surface area contributed by atoms with Gasteiger partial charge in [0.25, 0.3) is 6.29 Å². The summed E-state index contributed by atoms with van der Waals surface area (Å²) in [5.41, 5.74) is 0. The molecular weight excluding hydrogens is 1030 g/mol. The molecule has 2 atom stereocenters. The first-order valence-electron chi connectivity index (χ1n) is 35.8. The fraction of sp³-hybridized carbons (Fsp3) is 0.851. The SMILES string of the molecule is CCCCCCC/C=C\C/C=C\C/C=C\CCCCCCCCCCCCCCCCCCCCC(=O)OC(COC(=O)CCCCCCCCCCCCCCC/C=C\CCCCCCCCCC)COC(OCC[N+](C)(C)C)C(=O)O. The molecule has 0 bridgehead atoms. The van der Waals surface area contributed by atoms with Crippen LogP contribution in [0.25, 0.3) is 0 Å². The third-order valence-corrected chi connectivity index (χ3v) is 16.1. The van der Waals surface area contributed by atoms with Crippen molar-refractivity contribution in [2.24, 2.45) is 0 Å². The van der Waals surface area contributed by atoms with Gasteiger partial charge in [-0.05, 0) is 77.0 Å². The Kier molecular flexibility index (Phi) is 63.1. The molecule has 0 rings (SSSR count). The van der Waals surface area contributed by atoms with Crippen molar-refractivity contribution in [1.82, 2.24) is 0 Å². The minimum atomic E-state index is -1.51. The molecule has 486 valence electrons. The molecule has 9 heteroatoms. The van der Waals surface area contributed by atoms with Crippen LogP contribution in [0.15, 0.2) is 48.6 Å². The smallest absolute Gasteiger partial charge is 0.361 e. The Morgan fingerprint density at radius 3 is 0.976 bits per heavy atom. The molecule has 0 saturated carbocycles. The summed E-state index contributed by atoms with van der Waals surface area (Å²) in [5.74, 6) is -1.98. The van der Waals surface area contributed by atoms with Crippen molar-refractivity contribution in [1.29, 1.82) is 0 Å². The van der Waals surface area contributed by atoms with Crippen LogP contribution in [0.3, 0.4) is 0 Å². The maximum absolute atomic E-state index is 12.9. The van der Waals surface area contributed by atoms with Crippen molar-refractivity contribution < 1.29 is 42.9 Å². The highest BCUT2D eigenvalue weighted by Crippen LogP contribution is 2.18. The quantitative estimate of drug-likeness (QED) is 0.0211. The molecule has 83 heavy (non-hydrogen) atoms. The number of aliphatic carboxylic acids is 1. The van der Waals surface area contributed by atoms with E-state index in [1.54, 1.807) is 0 Å². The molecule has 2 unspecified atom stereocenters. The van der Waals surface area contributed by atoms with Gasteiger partial charge in [-0.1, -0.05) is 306 Å². The monoisotopic (exact) mass is 1170 g/mol. The number of carbonyl (C=O) groups is 3. The second-order valence-electron chi connectivity index (χ2n) is 25.5. The standard InChI is InChI=1S/C74H137NO8/c1-6-8-10-12-14-16-18-20-22-24-26-28-30-32-33-34-35-36-37-38-39-41-43-45-47-49-51-53-55-57-59-61-63-65-72(77)83-70(69-82-74(73(78)79)80-67-66-75(3,4)5)68-81-71(76)64-62-60-58-56-54-52-50-48-46-44-42-40-31-29-27-25-23-21-19-17-15-13-11-9-7-2/h18,20,24-27,30,32,70,74H,6-17,19,21-23,28-29,31,33-69H2,1-5H3/p+1/b20-18-,26-24-,27-25-,32-30-. The first-order valence-corrected chi connectivity index (χ1v) is 35.8. The number of carboxylic acid groups (broad SMARTS) is 1. The first kappa shape index (κ1) is 80.2. The average Bonchev–Trinajstić information content (AvgIpc) is 3.46. The van der Waals surface area contributed by atoms with Crippen molar-refractivity contribution in [3.05, 3.63) is 48.6 Å². The topological polar surface area (TPSA) is 108 Å². The second-order valence-corrected chi connectivity index (χ2v) is 25.5. The number of ether oxygens (including phenoxy) is 4. The van der Waals surface area contributed by atoms with Crippen LogP contribution < -0.4 is 0 Å². The largest absolute Gasteiger partial charge is 0.477 e. The van der Waals surface area contributed by atoms with Crippen LogP contribution in [0.5, 0.6) is 0 Å². The third-order valence-electron chi connectivity index (χ3n) is 16.1. The number of carboxylic acids is 1. The van der Waals surface area contributed by atoms with E-state index >= 15 is 0 Å². The molecule has 0 saturated heterocycles. The van der Waals surface area contributed by atoms with Crippen LogP contribution in [-0.4, -0.2) is 87.4 Å². The minimum Gasteiger partial charge on any atom is -0.477 e. The summed E-state index contributed by atoms with van der Waals surface area (Å²) >= 11 is 0. The van der Waals surface area contributed by atoms with Crippen LogP contribution in [0.4, 0.5) is 0 Å². The van der Waals surface area contributed by atoms with Crippen molar-refractivity contribution in [3.8, 4) is 0 Å². The van der Waals surface area contributed by atoms with Crippen LogP contribution in [-0.2, 0) is 33.3 Å². The van der Waals surface area contributed by atoms with E-state index in [1.807, 2.05) is 21.1 Å². The van der Waals surface area contributed by atoms with E-state index in [4.69, 9.17) is 18.9 Å². The average molecular weight is 1170 g/mol. The molecule has 0 radical (unpaired) electrons. The van der Waals surface area contributed by atoms with Crippen molar-refractivity contribution >= 4 is 17.9 Å². The van der Waals surface area contributed by atoms with Gasteiger partial charge in [0, 0.05) is 12.8 Å². The molecule has 0 fully saturated rings. The summed E-state index contributed by atoms with van der Waals surface area (Å²) in [7, 11) is 5.99. The number of hydrogen-bond donors (Lipinski definition) is 1. The van der Waals surface area contributed by atoms with E-state index in [2.05, 4.69) is 62.5 Å². The molecule has 0 spiro atoms. The predicted octanol–water partition coefficient (Wildman–Crippen LogP) is 22.1.